The summed E-state index contributed by atoms with van der Waals surface area (Å²) in [5.74, 6) is -5.80. The second-order valence-electron chi connectivity index (χ2n) is 3.88. The Labute approximate surface area is 110 Å². The number of nitrogens with one attached hydrogen (secondary N) is 1. The Balaban J connectivity index is 2.82. The lowest BCUT2D eigenvalue weighted by Gasteiger charge is -2.22. The van der Waals surface area contributed by atoms with Crippen LogP contribution in [-0.4, -0.2) is 11.8 Å². The van der Waals surface area contributed by atoms with Gasteiger partial charge < -0.3 is 5.32 Å². The lowest BCUT2D eigenvalue weighted by molar-refractivity contribution is -0.147. The van der Waals surface area contributed by atoms with Crippen LogP contribution in [0.4, 0.5) is 42.1 Å². The quantitative estimate of drug-likeness (QED) is 0.591. The molecule has 2 rings (SSSR count). The summed E-state index contributed by atoms with van der Waals surface area (Å²) in [6.07, 6.45) is -11.0. The Morgan fingerprint density at radius 3 is 2.05 bits per heavy atom. The Hall–Kier alpha value is -2.33. The molecule has 21 heavy (non-hydrogen) atoms. The van der Waals surface area contributed by atoms with E-state index in [1.807, 2.05) is 0 Å². The van der Waals surface area contributed by atoms with Crippen molar-refractivity contribution in [2.24, 2.45) is 0 Å². The third kappa shape index (κ3) is 2.50. The molecule has 4 nitrogen and oxygen atoms in total. The molecule has 0 spiro atoms. The summed E-state index contributed by atoms with van der Waals surface area (Å²) >= 11 is 0. The van der Waals surface area contributed by atoms with Gasteiger partial charge in [-0.1, -0.05) is 0 Å². The molecule has 0 aliphatic carbocycles. The van der Waals surface area contributed by atoms with Gasteiger partial charge in [0.25, 0.3) is 0 Å². The molecule has 1 N–H and O–H groups in total. The molecule has 0 fully saturated rings. The van der Waals surface area contributed by atoms with Crippen LogP contribution in [-0.2, 0) is 21.9 Å². The van der Waals surface area contributed by atoms with E-state index in [9.17, 15) is 40.3 Å². The van der Waals surface area contributed by atoms with Crippen LogP contribution >= 0.6 is 0 Å². The summed E-state index contributed by atoms with van der Waals surface area (Å²) in [6, 6.07) is -0.0479. The highest BCUT2D eigenvalue weighted by Gasteiger charge is 2.47. The number of carbonyl (C=O) groups is 2. The number of alkyl halides is 6. The predicted molar refractivity (Wildman–Crippen MR) is 51.8 cm³/mol. The first-order valence-electron chi connectivity index (χ1n) is 5.01. The standard InChI is InChI=1S/C10H2F7N2O2/c11-5-2(9(12,13)14)1-3-6(4(5)10(15,16)17)19-8(21)7(20)18-3/h1H,(H,18,20). The highest BCUT2D eigenvalue weighted by atomic mass is 19.4. The van der Waals surface area contributed by atoms with E-state index in [0.29, 0.717) is 0 Å². The van der Waals surface area contributed by atoms with Crippen molar-refractivity contribution in [2.45, 2.75) is 12.4 Å². The molecule has 1 aromatic carbocycles. The number of carbonyl (C=O) groups excluding carboxylic acids is 2. The maximum Gasteiger partial charge on any atom is 0.421 e. The number of fused-ring (bicyclic) bond motifs is 1. The number of rotatable bonds is 0. The summed E-state index contributed by atoms with van der Waals surface area (Å²) in [5.41, 5.74) is -7.02. The Bertz CT molecular complexity index is 648. The van der Waals surface area contributed by atoms with Gasteiger partial charge in [-0.25, -0.2) is 9.71 Å². The first kappa shape index (κ1) is 15.1. The third-order valence-electron chi connectivity index (χ3n) is 2.48. The molecular formula is C10H2F7N2O2. The van der Waals surface area contributed by atoms with Crippen molar-refractivity contribution in [3.8, 4) is 0 Å². The summed E-state index contributed by atoms with van der Waals surface area (Å²) < 4.78 is 89.4. The number of nitrogens with zero attached hydrogens (tertiary/aromatic N) is 1. The fraction of sp³-hybridized carbons (Fsp3) is 0.200. The van der Waals surface area contributed by atoms with Crippen LogP contribution < -0.4 is 10.6 Å². The Kier molecular flexibility index (Phi) is 3.11. The fourth-order valence-corrected chi connectivity index (χ4v) is 1.65. The molecule has 1 aliphatic heterocycles. The van der Waals surface area contributed by atoms with Crippen molar-refractivity contribution in [2.75, 3.05) is 5.32 Å². The zero-order chi connectivity index (χ0) is 16.2. The van der Waals surface area contributed by atoms with Gasteiger partial charge >= 0.3 is 24.2 Å². The van der Waals surface area contributed by atoms with Crippen molar-refractivity contribution >= 4 is 23.2 Å². The second-order valence-corrected chi connectivity index (χ2v) is 3.88. The van der Waals surface area contributed by atoms with Gasteiger partial charge in [-0.3, -0.25) is 9.59 Å². The van der Waals surface area contributed by atoms with E-state index in [0.717, 1.165) is 0 Å². The van der Waals surface area contributed by atoms with Crippen LogP contribution in [0.2, 0.25) is 0 Å². The largest absolute Gasteiger partial charge is 0.421 e. The van der Waals surface area contributed by atoms with Crippen molar-refractivity contribution in [1.29, 1.82) is 0 Å². The van der Waals surface area contributed by atoms with Gasteiger partial charge in [-0.05, 0) is 6.07 Å². The molecular weight excluding hydrogens is 313 g/mol. The first-order chi connectivity index (χ1) is 9.43. The molecule has 0 bridgehead atoms. The van der Waals surface area contributed by atoms with Gasteiger partial charge in [0.05, 0.1) is 11.3 Å². The predicted octanol–water partition coefficient (Wildman–Crippen LogP) is 2.58. The highest BCUT2D eigenvalue weighted by Crippen LogP contribution is 2.46. The zero-order valence-corrected chi connectivity index (χ0v) is 9.49. The molecule has 1 radical (unpaired) electrons. The molecule has 0 aromatic heterocycles. The van der Waals surface area contributed by atoms with Crippen LogP contribution in [0.15, 0.2) is 6.07 Å². The number of benzene rings is 1. The molecule has 0 saturated carbocycles. The molecule has 0 atom stereocenters. The van der Waals surface area contributed by atoms with Gasteiger partial charge in [0.15, 0.2) is 0 Å². The van der Waals surface area contributed by atoms with E-state index >= 15 is 0 Å². The van der Waals surface area contributed by atoms with E-state index in [4.69, 9.17) is 0 Å². The van der Waals surface area contributed by atoms with Crippen molar-refractivity contribution in [3.63, 3.8) is 0 Å². The van der Waals surface area contributed by atoms with Crippen molar-refractivity contribution in [3.05, 3.63) is 23.0 Å². The second kappa shape index (κ2) is 4.33. The number of hydrogen-bond acceptors (Lipinski definition) is 2. The third-order valence-corrected chi connectivity index (χ3v) is 2.48. The van der Waals surface area contributed by atoms with Crippen molar-refractivity contribution < 1.29 is 40.3 Å². The number of anilines is 1. The van der Waals surface area contributed by atoms with Gasteiger partial charge in [0, 0.05) is 0 Å². The molecule has 1 aliphatic rings. The minimum absolute atomic E-state index is 0.0479. The lowest BCUT2D eigenvalue weighted by atomic mass is 10.0. The highest BCUT2D eigenvalue weighted by molar-refractivity contribution is 6.42. The molecule has 11 heteroatoms. The van der Waals surface area contributed by atoms with E-state index in [-0.39, 0.29) is 6.07 Å². The summed E-state index contributed by atoms with van der Waals surface area (Å²) in [5, 5.41) is 4.21. The molecule has 1 heterocycles. The minimum atomic E-state index is -5.54. The van der Waals surface area contributed by atoms with Crippen LogP contribution in [0.3, 0.4) is 0 Å². The minimum Gasteiger partial charge on any atom is -0.316 e. The molecule has 113 valence electrons. The number of halogens is 7. The van der Waals surface area contributed by atoms with Crippen molar-refractivity contribution in [1.82, 2.24) is 5.32 Å². The Morgan fingerprint density at radius 2 is 1.57 bits per heavy atom. The molecule has 2 amide bonds. The zero-order valence-electron chi connectivity index (χ0n) is 9.49. The van der Waals surface area contributed by atoms with Gasteiger partial charge in [0.2, 0.25) is 0 Å². The van der Waals surface area contributed by atoms with E-state index in [2.05, 4.69) is 5.32 Å². The maximum absolute atomic E-state index is 13.6. The van der Waals surface area contributed by atoms with E-state index < -0.39 is 52.5 Å². The molecule has 1 aromatic rings. The molecule has 0 unspecified atom stereocenters. The average molecular weight is 315 g/mol. The van der Waals surface area contributed by atoms with E-state index in [1.54, 1.807) is 0 Å². The normalized spacial score (nSPS) is 15.4. The Morgan fingerprint density at radius 1 is 1.00 bits per heavy atom. The van der Waals surface area contributed by atoms with Gasteiger partial charge in [0.1, 0.15) is 17.1 Å². The first-order valence-corrected chi connectivity index (χ1v) is 5.01. The van der Waals surface area contributed by atoms with Crippen LogP contribution in [0.5, 0.6) is 0 Å². The van der Waals surface area contributed by atoms with Crippen LogP contribution in [0.25, 0.3) is 0 Å². The van der Waals surface area contributed by atoms with E-state index in [1.165, 1.54) is 5.32 Å². The number of hydrogen-bond donors (Lipinski definition) is 1. The smallest absolute Gasteiger partial charge is 0.316 e. The molecule has 0 saturated heterocycles. The lowest BCUT2D eigenvalue weighted by Crippen LogP contribution is -2.35. The topological polar surface area (TPSA) is 60.3 Å². The van der Waals surface area contributed by atoms with Crippen LogP contribution in [0.1, 0.15) is 11.1 Å². The average Bonchev–Trinajstić information content (AvgIpc) is 2.27. The van der Waals surface area contributed by atoms with Gasteiger partial charge in [-0.15, -0.1) is 0 Å². The summed E-state index contributed by atoms with van der Waals surface area (Å²) in [4.78, 5) is 21.9. The fourth-order valence-electron chi connectivity index (χ4n) is 1.65. The maximum atomic E-state index is 13.6. The monoisotopic (exact) mass is 315 g/mol. The summed E-state index contributed by atoms with van der Waals surface area (Å²) in [6.45, 7) is 0. The number of amides is 2. The van der Waals surface area contributed by atoms with Gasteiger partial charge in [-0.2, -0.15) is 26.3 Å². The van der Waals surface area contributed by atoms with Crippen LogP contribution in [0, 0.1) is 5.82 Å². The summed E-state index contributed by atoms with van der Waals surface area (Å²) in [7, 11) is 0. The SMILES string of the molecule is O=C1[N]c2c(cc(C(F)(F)F)c(F)c2C(F)(F)F)NC1=O.